The van der Waals surface area contributed by atoms with Crippen molar-refractivity contribution in [2.45, 2.75) is 50.6 Å². The Labute approximate surface area is 173 Å². The third-order valence-electron chi connectivity index (χ3n) is 6.19. The number of rotatable bonds is 5. The number of hydrogen-bond acceptors (Lipinski definition) is 5. The fourth-order valence-electron chi connectivity index (χ4n) is 4.59. The van der Waals surface area contributed by atoms with Gasteiger partial charge in [-0.25, -0.2) is 0 Å². The molecule has 0 spiro atoms. The van der Waals surface area contributed by atoms with Gasteiger partial charge in [-0.15, -0.1) is 11.3 Å². The zero-order valence-electron chi connectivity index (χ0n) is 16.2. The first-order valence-electron chi connectivity index (χ1n) is 10.1. The van der Waals surface area contributed by atoms with Crippen LogP contribution in [0.1, 0.15) is 41.7 Å². The van der Waals surface area contributed by atoms with Gasteiger partial charge in [-0.3, -0.25) is 9.59 Å². The van der Waals surface area contributed by atoms with Crippen molar-refractivity contribution in [3.8, 4) is 11.5 Å². The van der Waals surface area contributed by atoms with Gasteiger partial charge >= 0.3 is 0 Å². The second kappa shape index (κ2) is 7.37. The summed E-state index contributed by atoms with van der Waals surface area (Å²) in [6, 6.07) is 8.04. The Balaban J connectivity index is 1.26. The van der Waals surface area contributed by atoms with E-state index in [1.165, 1.54) is 10.4 Å². The number of nitrogens with zero attached hydrogens (tertiary/aromatic N) is 1. The minimum absolute atomic E-state index is 0.0686. The minimum atomic E-state index is -0.371. The Morgan fingerprint density at radius 3 is 2.97 bits per heavy atom. The highest BCUT2D eigenvalue weighted by Gasteiger charge is 2.38. The zero-order valence-corrected chi connectivity index (χ0v) is 17.1. The van der Waals surface area contributed by atoms with E-state index in [2.05, 4.69) is 16.8 Å². The average Bonchev–Trinajstić information content (AvgIpc) is 3.45. The molecule has 1 aromatic heterocycles. The monoisotopic (exact) mass is 412 g/mol. The third-order valence-corrected chi connectivity index (χ3v) is 7.22. The summed E-state index contributed by atoms with van der Waals surface area (Å²) in [6.07, 6.45) is 4.00. The first-order valence-corrected chi connectivity index (χ1v) is 11.0. The zero-order chi connectivity index (χ0) is 19.8. The number of hydrogen-bond donors (Lipinski definition) is 1. The van der Waals surface area contributed by atoms with Crippen LogP contribution < -0.4 is 14.8 Å². The summed E-state index contributed by atoms with van der Waals surface area (Å²) in [7, 11) is 0. The molecule has 0 bridgehead atoms. The van der Waals surface area contributed by atoms with Crippen LogP contribution in [0, 0.1) is 0 Å². The third kappa shape index (κ3) is 3.71. The Morgan fingerprint density at radius 2 is 2.10 bits per heavy atom. The van der Waals surface area contributed by atoms with E-state index in [1.807, 2.05) is 23.1 Å². The molecule has 2 amide bonds. The lowest BCUT2D eigenvalue weighted by molar-refractivity contribution is -0.132. The van der Waals surface area contributed by atoms with Gasteiger partial charge in [-0.05, 0) is 60.4 Å². The minimum Gasteiger partial charge on any atom is -0.454 e. The normalized spacial score (nSPS) is 22.5. The maximum atomic E-state index is 12.9. The quantitative estimate of drug-likeness (QED) is 0.820. The molecule has 5 rings (SSSR count). The summed E-state index contributed by atoms with van der Waals surface area (Å²) in [5.41, 5.74) is 1.99. The van der Waals surface area contributed by atoms with Gasteiger partial charge in [0.05, 0.1) is 0 Å². The largest absolute Gasteiger partial charge is 0.454 e. The molecule has 2 aromatic rings. The summed E-state index contributed by atoms with van der Waals surface area (Å²) in [5.74, 6) is 1.75. The van der Waals surface area contributed by atoms with Crippen LogP contribution in [-0.4, -0.2) is 35.6 Å². The molecule has 7 heteroatoms. The van der Waals surface area contributed by atoms with Crippen LogP contribution in [0.15, 0.2) is 29.6 Å². The van der Waals surface area contributed by atoms with E-state index in [9.17, 15) is 9.59 Å². The van der Waals surface area contributed by atoms with Crippen LogP contribution in [0.2, 0.25) is 0 Å². The lowest BCUT2D eigenvalue weighted by atomic mass is 9.84. The molecule has 152 valence electrons. The predicted octanol–water partition coefficient (Wildman–Crippen LogP) is 3.03. The van der Waals surface area contributed by atoms with Gasteiger partial charge in [-0.2, -0.15) is 0 Å². The molecule has 1 saturated heterocycles. The molecule has 3 aliphatic rings. The van der Waals surface area contributed by atoms with Gasteiger partial charge in [0, 0.05) is 36.3 Å². The fraction of sp³-hybridized carbons (Fsp3) is 0.455. The Hall–Kier alpha value is -2.54. The van der Waals surface area contributed by atoms with E-state index in [0.717, 1.165) is 36.4 Å². The summed E-state index contributed by atoms with van der Waals surface area (Å²) >= 11 is 1.78. The number of fused-ring (bicyclic) bond motifs is 2. The maximum Gasteiger partial charge on any atom is 0.231 e. The highest BCUT2D eigenvalue weighted by Crippen LogP contribution is 2.36. The molecule has 0 aliphatic carbocycles. The van der Waals surface area contributed by atoms with Crippen molar-refractivity contribution in [3.63, 3.8) is 0 Å². The summed E-state index contributed by atoms with van der Waals surface area (Å²) in [4.78, 5) is 28.3. The van der Waals surface area contributed by atoms with E-state index >= 15 is 0 Å². The molecule has 3 aliphatic heterocycles. The molecular weight excluding hydrogens is 388 g/mol. The number of benzene rings is 1. The molecule has 4 heterocycles. The maximum absolute atomic E-state index is 12.9. The summed E-state index contributed by atoms with van der Waals surface area (Å²) in [5, 5.41) is 5.28. The number of carbonyl (C=O) groups is 2. The second-order valence-corrected chi connectivity index (χ2v) is 9.13. The van der Waals surface area contributed by atoms with Crippen LogP contribution in [0.4, 0.5) is 0 Å². The Bertz CT molecular complexity index is 956. The molecule has 1 N–H and O–H groups in total. The van der Waals surface area contributed by atoms with Gasteiger partial charge in [0.1, 0.15) is 0 Å². The highest BCUT2D eigenvalue weighted by atomic mass is 32.1. The number of amides is 2. The van der Waals surface area contributed by atoms with Gasteiger partial charge in [-0.1, -0.05) is 6.07 Å². The Morgan fingerprint density at radius 1 is 1.21 bits per heavy atom. The van der Waals surface area contributed by atoms with E-state index in [-0.39, 0.29) is 24.1 Å². The predicted molar refractivity (Wildman–Crippen MR) is 109 cm³/mol. The molecule has 1 aromatic carbocycles. The molecule has 6 nitrogen and oxygen atoms in total. The van der Waals surface area contributed by atoms with E-state index in [0.29, 0.717) is 32.2 Å². The first-order chi connectivity index (χ1) is 14.1. The number of thiophene rings is 1. The lowest BCUT2D eigenvalue weighted by Crippen LogP contribution is -2.45. The standard InChI is InChI=1S/C22H24N2O4S/c25-20-3-7-22(23-20,12-15-1-2-17-18(11-15)28-14-27-17)8-4-21(26)24-9-5-19-16(13-24)6-10-29-19/h1-2,6,10-11H,3-5,7-9,12-14H2,(H,23,25). The smallest absolute Gasteiger partial charge is 0.231 e. The van der Waals surface area contributed by atoms with Crippen molar-refractivity contribution in [1.29, 1.82) is 0 Å². The van der Waals surface area contributed by atoms with Crippen molar-refractivity contribution in [2.24, 2.45) is 0 Å². The van der Waals surface area contributed by atoms with Crippen LogP contribution in [0.25, 0.3) is 0 Å². The molecule has 0 saturated carbocycles. The van der Waals surface area contributed by atoms with Gasteiger partial charge in [0.25, 0.3) is 0 Å². The molecule has 0 radical (unpaired) electrons. The van der Waals surface area contributed by atoms with Crippen molar-refractivity contribution in [2.75, 3.05) is 13.3 Å². The van der Waals surface area contributed by atoms with E-state index in [4.69, 9.17) is 9.47 Å². The topological polar surface area (TPSA) is 67.9 Å². The second-order valence-electron chi connectivity index (χ2n) is 8.13. The highest BCUT2D eigenvalue weighted by molar-refractivity contribution is 7.10. The van der Waals surface area contributed by atoms with Crippen LogP contribution in [0.3, 0.4) is 0 Å². The van der Waals surface area contributed by atoms with Crippen molar-refractivity contribution < 1.29 is 19.1 Å². The van der Waals surface area contributed by atoms with Gasteiger partial charge in [0.15, 0.2) is 11.5 Å². The SMILES string of the molecule is O=C1CCC(CCC(=O)N2CCc3sccc3C2)(Cc2ccc3c(c2)OCO3)N1. The summed E-state index contributed by atoms with van der Waals surface area (Å²) < 4.78 is 10.9. The molecule has 1 unspecified atom stereocenters. The molecule has 1 atom stereocenters. The molecular formula is C22H24N2O4S. The summed E-state index contributed by atoms with van der Waals surface area (Å²) in [6.45, 7) is 1.74. The number of carbonyl (C=O) groups excluding carboxylic acids is 2. The first kappa shape index (κ1) is 18.5. The van der Waals surface area contributed by atoms with Gasteiger partial charge < -0.3 is 19.7 Å². The molecule has 1 fully saturated rings. The van der Waals surface area contributed by atoms with Crippen LogP contribution >= 0.6 is 11.3 Å². The van der Waals surface area contributed by atoms with Crippen molar-refractivity contribution in [1.82, 2.24) is 10.2 Å². The molecule has 29 heavy (non-hydrogen) atoms. The van der Waals surface area contributed by atoms with Crippen LogP contribution in [-0.2, 0) is 29.0 Å². The average molecular weight is 413 g/mol. The Kier molecular flexibility index (Phi) is 4.70. The van der Waals surface area contributed by atoms with Crippen molar-refractivity contribution >= 4 is 23.2 Å². The van der Waals surface area contributed by atoms with E-state index < -0.39 is 0 Å². The lowest BCUT2D eigenvalue weighted by Gasteiger charge is -2.32. The van der Waals surface area contributed by atoms with E-state index in [1.54, 1.807) is 11.3 Å². The van der Waals surface area contributed by atoms with Crippen molar-refractivity contribution in [3.05, 3.63) is 45.6 Å². The fourth-order valence-corrected chi connectivity index (χ4v) is 5.48. The van der Waals surface area contributed by atoms with Crippen LogP contribution in [0.5, 0.6) is 11.5 Å². The van der Waals surface area contributed by atoms with Gasteiger partial charge in [0.2, 0.25) is 18.6 Å². The number of nitrogens with one attached hydrogen (secondary N) is 1. The number of ether oxygens (including phenoxy) is 2.